The number of hydrogen-bond acceptors (Lipinski definition) is 3. The molecule has 4 heteroatoms. The van der Waals surface area contributed by atoms with E-state index < -0.39 is 0 Å². The second-order valence-electron chi connectivity index (χ2n) is 5.63. The van der Waals surface area contributed by atoms with Crippen molar-refractivity contribution in [3.63, 3.8) is 0 Å². The van der Waals surface area contributed by atoms with Crippen LogP contribution in [0.5, 0.6) is 0 Å². The van der Waals surface area contributed by atoms with Crippen LogP contribution in [0.2, 0.25) is 5.02 Å². The minimum atomic E-state index is 0.152. The Morgan fingerprint density at radius 1 is 1.30 bits per heavy atom. The highest BCUT2D eigenvalue weighted by Gasteiger charge is 2.26. The number of rotatable bonds is 3. The van der Waals surface area contributed by atoms with E-state index in [-0.39, 0.29) is 5.54 Å². The van der Waals surface area contributed by atoms with Gasteiger partial charge < -0.3 is 10.1 Å². The van der Waals surface area contributed by atoms with Crippen molar-refractivity contribution in [2.24, 2.45) is 0 Å². The summed E-state index contributed by atoms with van der Waals surface area (Å²) >= 11 is 6.23. The van der Waals surface area contributed by atoms with Crippen molar-refractivity contribution in [2.45, 2.75) is 31.8 Å². The van der Waals surface area contributed by atoms with Gasteiger partial charge in [-0.3, -0.25) is 4.98 Å². The summed E-state index contributed by atoms with van der Waals surface area (Å²) in [7, 11) is 0. The molecule has 1 aromatic carbocycles. The lowest BCUT2D eigenvalue weighted by molar-refractivity contribution is 0.0446. The van der Waals surface area contributed by atoms with Crippen molar-refractivity contribution < 1.29 is 4.74 Å². The van der Waals surface area contributed by atoms with Crippen LogP contribution in [0.15, 0.2) is 30.5 Å². The highest BCUT2D eigenvalue weighted by molar-refractivity contribution is 6.35. The van der Waals surface area contributed by atoms with Crippen LogP contribution in [0.4, 0.5) is 0 Å². The number of aromatic nitrogens is 1. The second-order valence-corrected chi connectivity index (χ2v) is 6.04. The molecule has 1 aromatic heterocycles. The van der Waals surface area contributed by atoms with Crippen molar-refractivity contribution in [3.8, 4) is 0 Å². The van der Waals surface area contributed by atoms with Crippen molar-refractivity contribution in [1.82, 2.24) is 10.3 Å². The summed E-state index contributed by atoms with van der Waals surface area (Å²) in [5.74, 6) is 0. The molecule has 3 nitrogen and oxygen atoms in total. The van der Waals surface area contributed by atoms with E-state index in [9.17, 15) is 0 Å². The molecule has 1 aliphatic rings. The first-order valence-electron chi connectivity index (χ1n) is 7.03. The van der Waals surface area contributed by atoms with Crippen molar-refractivity contribution >= 4 is 22.5 Å². The largest absolute Gasteiger partial charge is 0.381 e. The topological polar surface area (TPSA) is 34.2 Å². The highest BCUT2D eigenvalue weighted by Crippen LogP contribution is 2.26. The molecule has 0 saturated carbocycles. The fourth-order valence-corrected chi connectivity index (χ4v) is 2.86. The third-order valence-electron chi connectivity index (χ3n) is 4.10. The molecule has 20 heavy (non-hydrogen) atoms. The molecule has 1 saturated heterocycles. The van der Waals surface area contributed by atoms with Gasteiger partial charge in [-0.25, -0.2) is 0 Å². The first-order valence-corrected chi connectivity index (χ1v) is 7.41. The summed E-state index contributed by atoms with van der Waals surface area (Å²) in [4.78, 5) is 4.48. The molecule has 1 aliphatic heterocycles. The van der Waals surface area contributed by atoms with Gasteiger partial charge in [0.05, 0.1) is 5.52 Å². The number of pyridine rings is 1. The maximum Gasteiger partial charge on any atom is 0.0761 e. The minimum absolute atomic E-state index is 0.152. The molecule has 3 rings (SSSR count). The minimum Gasteiger partial charge on any atom is -0.381 e. The lowest BCUT2D eigenvalue weighted by atomic mass is 9.92. The van der Waals surface area contributed by atoms with E-state index >= 15 is 0 Å². The van der Waals surface area contributed by atoms with Crippen LogP contribution in [0.3, 0.4) is 0 Å². The van der Waals surface area contributed by atoms with E-state index in [0.29, 0.717) is 0 Å². The maximum atomic E-state index is 6.23. The molecule has 0 bridgehead atoms. The van der Waals surface area contributed by atoms with Crippen molar-refractivity contribution in [1.29, 1.82) is 0 Å². The normalized spacial score (nSPS) is 18.3. The summed E-state index contributed by atoms with van der Waals surface area (Å²) in [6.07, 6.45) is 3.91. The van der Waals surface area contributed by atoms with Crippen LogP contribution in [-0.4, -0.2) is 23.7 Å². The Morgan fingerprint density at radius 3 is 2.90 bits per heavy atom. The quantitative estimate of drug-likeness (QED) is 0.939. The Kier molecular flexibility index (Phi) is 3.92. The van der Waals surface area contributed by atoms with E-state index in [0.717, 1.165) is 48.5 Å². The predicted molar refractivity (Wildman–Crippen MR) is 82.1 cm³/mol. The Balaban J connectivity index is 1.82. The molecule has 2 aromatic rings. The molecule has 0 atom stereocenters. The van der Waals surface area contributed by atoms with Crippen LogP contribution in [0.25, 0.3) is 10.9 Å². The van der Waals surface area contributed by atoms with E-state index in [4.69, 9.17) is 16.3 Å². The fourth-order valence-electron chi connectivity index (χ4n) is 2.65. The van der Waals surface area contributed by atoms with E-state index in [1.54, 1.807) is 0 Å². The van der Waals surface area contributed by atoms with Gasteiger partial charge in [0.1, 0.15) is 0 Å². The highest BCUT2D eigenvalue weighted by atomic mass is 35.5. The lowest BCUT2D eigenvalue weighted by Gasteiger charge is -2.34. The summed E-state index contributed by atoms with van der Waals surface area (Å²) in [5.41, 5.74) is 2.33. The van der Waals surface area contributed by atoms with Crippen LogP contribution < -0.4 is 5.32 Å². The molecule has 0 amide bonds. The standard InChI is InChI=1S/C16H19ClN2O/c1-16(6-9-20-10-7-16)19-11-12-4-5-14(17)13-3-2-8-18-15(12)13/h2-5,8,19H,6-7,9-11H2,1H3. The van der Waals surface area contributed by atoms with Gasteiger partial charge in [-0.05, 0) is 43.5 Å². The summed E-state index contributed by atoms with van der Waals surface area (Å²) in [6, 6.07) is 7.96. The van der Waals surface area contributed by atoms with Gasteiger partial charge in [0.2, 0.25) is 0 Å². The van der Waals surface area contributed by atoms with Gasteiger partial charge in [0.25, 0.3) is 0 Å². The molecule has 0 aliphatic carbocycles. The Labute approximate surface area is 124 Å². The molecule has 0 unspecified atom stereocenters. The van der Waals surface area contributed by atoms with Crippen LogP contribution in [-0.2, 0) is 11.3 Å². The fraction of sp³-hybridized carbons (Fsp3) is 0.438. The molecule has 106 valence electrons. The smallest absolute Gasteiger partial charge is 0.0761 e. The Bertz CT molecular complexity index is 608. The number of nitrogens with one attached hydrogen (secondary N) is 1. The van der Waals surface area contributed by atoms with Gasteiger partial charge in [-0.2, -0.15) is 0 Å². The van der Waals surface area contributed by atoms with Gasteiger partial charge in [0.15, 0.2) is 0 Å². The first-order chi connectivity index (χ1) is 9.68. The Morgan fingerprint density at radius 2 is 2.10 bits per heavy atom. The van der Waals surface area contributed by atoms with Crippen LogP contribution >= 0.6 is 11.6 Å². The molecular formula is C16H19ClN2O. The lowest BCUT2D eigenvalue weighted by Crippen LogP contribution is -2.46. The van der Waals surface area contributed by atoms with Crippen LogP contribution in [0, 0.1) is 0 Å². The number of benzene rings is 1. The molecule has 1 fully saturated rings. The average molecular weight is 291 g/mol. The van der Waals surface area contributed by atoms with Gasteiger partial charge >= 0.3 is 0 Å². The zero-order valence-electron chi connectivity index (χ0n) is 11.7. The number of ether oxygens (including phenoxy) is 1. The third-order valence-corrected chi connectivity index (χ3v) is 4.43. The monoisotopic (exact) mass is 290 g/mol. The molecule has 1 N–H and O–H groups in total. The molecule has 2 heterocycles. The SMILES string of the molecule is CC1(NCc2ccc(Cl)c3cccnc23)CCOCC1. The average Bonchev–Trinajstić information content (AvgIpc) is 2.48. The van der Waals surface area contributed by atoms with Gasteiger partial charge in [0, 0.05) is 41.9 Å². The number of fused-ring (bicyclic) bond motifs is 1. The van der Waals surface area contributed by atoms with Gasteiger partial charge in [-0.15, -0.1) is 0 Å². The maximum absolute atomic E-state index is 6.23. The number of nitrogens with zero attached hydrogens (tertiary/aromatic N) is 1. The Hall–Kier alpha value is -1.16. The van der Waals surface area contributed by atoms with E-state index in [1.165, 1.54) is 5.56 Å². The molecular weight excluding hydrogens is 272 g/mol. The number of halogens is 1. The van der Waals surface area contributed by atoms with Crippen molar-refractivity contribution in [2.75, 3.05) is 13.2 Å². The molecule has 0 spiro atoms. The summed E-state index contributed by atoms with van der Waals surface area (Å²) < 4.78 is 5.43. The predicted octanol–water partition coefficient (Wildman–Crippen LogP) is 3.55. The molecule has 0 radical (unpaired) electrons. The van der Waals surface area contributed by atoms with Crippen molar-refractivity contribution in [3.05, 3.63) is 41.0 Å². The summed E-state index contributed by atoms with van der Waals surface area (Å²) in [6.45, 7) is 4.74. The van der Waals surface area contributed by atoms with Crippen LogP contribution in [0.1, 0.15) is 25.3 Å². The third kappa shape index (κ3) is 2.80. The second kappa shape index (κ2) is 5.68. The van der Waals surface area contributed by atoms with E-state index in [1.807, 2.05) is 24.4 Å². The summed E-state index contributed by atoms with van der Waals surface area (Å²) in [5, 5.41) is 5.44. The number of hydrogen-bond donors (Lipinski definition) is 1. The zero-order chi connectivity index (χ0) is 14.0. The van der Waals surface area contributed by atoms with E-state index in [2.05, 4.69) is 23.3 Å². The van der Waals surface area contributed by atoms with Gasteiger partial charge in [-0.1, -0.05) is 17.7 Å². The first kappa shape index (κ1) is 13.8. The zero-order valence-corrected chi connectivity index (χ0v) is 12.4.